The van der Waals surface area contributed by atoms with Crippen LogP contribution in [0.5, 0.6) is 11.5 Å². The number of benzene rings is 1. The SMILES string of the molecule is COc1cc(C(=O)NCCC2CCCNC2)cc(OC)c1Br. The van der Waals surface area contributed by atoms with Crippen molar-refractivity contribution in [1.82, 2.24) is 10.6 Å². The third-order valence-corrected chi connectivity index (χ3v) is 4.73. The molecule has 0 aromatic heterocycles. The van der Waals surface area contributed by atoms with Gasteiger partial charge in [-0.25, -0.2) is 0 Å². The maximum Gasteiger partial charge on any atom is 0.251 e. The van der Waals surface area contributed by atoms with Crippen LogP contribution < -0.4 is 20.1 Å². The fourth-order valence-electron chi connectivity index (χ4n) is 2.66. The smallest absolute Gasteiger partial charge is 0.251 e. The van der Waals surface area contributed by atoms with E-state index in [9.17, 15) is 4.79 Å². The molecule has 122 valence electrons. The van der Waals surface area contributed by atoms with E-state index in [1.165, 1.54) is 12.8 Å². The lowest BCUT2D eigenvalue weighted by molar-refractivity contribution is 0.0950. The quantitative estimate of drug-likeness (QED) is 0.807. The molecule has 1 saturated heterocycles. The number of amides is 1. The first kappa shape index (κ1) is 17.1. The van der Waals surface area contributed by atoms with Crippen LogP contribution in [0.3, 0.4) is 0 Å². The van der Waals surface area contributed by atoms with Crippen molar-refractivity contribution in [2.45, 2.75) is 19.3 Å². The number of hydrogen-bond acceptors (Lipinski definition) is 4. The summed E-state index contributed by atoms with van der Waals surface area (Å²) in [4.78, 5) is 12.3. The van der Waals surface area contributed by atoms with Crippen LogP contribution in [0, 0.1) is 5.92 Å². The van der Waals surface area contributed by atoms with E-state index in [0.29, 0.717) is 34.0 Å². The van der Waals surface area contributed by atoms with Crippen molar-refractivity contribution in [3.63, 3.8) is 0 Å². The number of halogens is 1. The fraction of sp³-hybridized carbons (Fsp3) is 0.562. The normalized spacial score (nSPS) is 17.9. The number of nitrogens with one attached hydrogen (secondary N) is 2. The number of hydrogen-bond donors (Lipinski definition) is 2. The van der Waals surface area contributed by atoms with E-state index in [1.807, 2.05) is 0 Å². The van der Waals surface area contributed by atoms with E-state index >= 15 is 0 Å². The molecule has 1 aliphatic rings. The van der Waals surface area contributed by atoms with Crippen molar-refractivity contribution in [2.75, 3.05) is 33.9 Å². The molecule has 2 N–H and O–H groups in total. The van der Waals surface area contributed by atoms with Gasteiger partial charge in [0.25, 0.3) is 5.91 Å². The summed E-state index contributed by atoms with van der Waals surface area (Å²) < 4.78 is 11.2. The second-order valence-electron chi connectivity index (χ2n) is 5.45. The molecular weight excluding hydrogens is 348 g/mol. The van der Waals surface area contributed by atoms with Gasteiger partial charge < -0.3 is 20.1 Å². The summed E-state index contributed by atoms with van der Waals surface area (Å²) >= 11 is 3.40. The van der Waals surface area contributed by atoms with Gasteiger partial charge in [0.2, 0.25) is 0 Å². The first-order valence-corrected chi connectivity index (χ1v) is 8.35. The largest absolute Gasteiger partial charge is 0.495 e. The zero-order valence-corrected chi connectivity index (χ0v) is 14.7. The molecule has 1 aromatic rings. The first-order chi connectivity index (χ1) is 10.7. The van der Waals surface area contributed by atoms with Crippen LogP contribution in [0.4, 0.5) is 0 Å². The average molecular weight is 371 g/mol. The molecule has 6 heteroatoms. The molecule has 2 rings (SSSR count). The van der Waals surface area contributed by atoms with E-state index < -0.39 is 0 Å². The van der Waals surface area contributed by atoms with Crippen molar-refractivity contribution in [3.05, 3.63) is 22.2 Å². The Hall–Kier alpha value is -1.27. The molecule has 22 heavy (non-hydrogen) atoms. The van der Waals surface area contributed by atoms with Crippen molar-refractivity contribution >= 4 is 21.8 Å². The predicted octanol–water partition coefficient (Wildman–Crippen LogP) is 2.59. The van der Waals surface area contributed by atoms with Crippen molar-refractivity contribution < 1.29 is 14.3 Å². The topological polar surface area (TPSA) is 59.6 Å². The molecule has 1 aromatic carbocycles. The highest BCUT2D eigenvalue weighted by molar-refractivity contribution is 9.10. The molecule has 1 fully saturated rings. The number of carbonyl (C=O) groups excluding carboxylic acids is 1. The Morgan fingerprint density at radius 2 is 2.05 bits per heavy atom. The number of piperidine rings is 1. The minimum absolute atomic E-state index is 0.104. The Morgan fingerprint density at radius 1 is 1.36 bits per heavy atom. The monoisotopic (exact) mass is 370 g/mol. The van der Waals surface area contributed by atoms with Gasteiger partial charge in [0.05, 0.1) is 14.2 Å². The molecule has 0 saturated carbocycles. The van der Waals surface area contributed by atoms with Crippen LogP contribution in [0.2, 0.25) is 0 Å². The Bertz CT molecular complexity index is 491. The maximum atomic E-state index is 12.3. The summed E-state index contributed by atoms with van der Waals surface area (Å²) in [7, 11) is 3.13. The van der Waals surface area contributed by atoms with Gasteiger partial charge >= 0.3 is 0 Å². The van der Waals surface area contributed by atoms with Gasteiger partial charge in [-0.15, -0.1) is 0 Å². The van der Waals surface area contributed by atoms with E-state index in [2.05, 4.69) is 26.6 Å². The fourth-order valence-corrected chi connectivity index (χ4v) is 3.22. The Balaban J connectivity index is 1.94. The van der Waals surface area contributed by atoms with Gasteiger partial charge in [-0.1, -0.05) is 0 Å². The molecule has 1 amide bonds. The first-order valence-electron chi connectivity index (χ1n) is 7.56. The standard InChI is InChI=1S/C16H23BrN2O3/c1-21-13-8-12(9-14(22-2)15(13)17)16(20)19-7-5-11-4-3-6-18-10-11/h8-9,11,18H,3-7,10H2,1-2H3,(H,19,20). The summed E-state index contributed by atoms with van der Waals surface area (Å²) in [5.74, 6) is 1.72. The van der Waals surface area contributed by atoms with Crippen molar-refractivity contribution in [2.24, 2.45) is 5.92 Å². The van der Waals surface area contributed by atoms with Crippen LogP contribution in [0.15, 0.2) is 16.6 Å². The zero-order chi connectivity index (χ0) is 15.9. The highest BCUT2D eigenvalue weighted by Gasteiger charge is 2.16. The predicted molar refractivity (Wildman–Crippen MR) is 89.8 cm³/mol. The lowest BCUT2D eigenvalue weighted by atomic mass is 9.96. The van der Waals surface area contributed by atoms with Crippen LogP contribution >= 0.6 is 15.9 Å². The summed E-state index contributed by atoms with van der Waals surface area (Å²) in [6, 6.07) is 3.42. The molecule has 1 atom stereocenters. The summed E-state index contributed by atoms with van der Waals surface area (Å²) in [5.41, 5.74) is 0.540. The second kappa shape index (κ2) is 8.39. The van der Waals surface area contributed by atoms with Crippen LogP contribution in [-0.4, -0.2) is 39.8 Å². The molecule has 0 bridgehead atoms. The van der Waals surface area contributed by atoms with Crippen molar-refractivity contribution in [1.29, 1.82) is 0 Å². The van der Waals surface area contributed by atoms with Gasteiger partial charge in [0.15, 0.2) is 0 Å². The molecule has 5 nitrogen and oxygen atoms in total. The summed E-state index contributed by atoms with van der Waals surface area (Å²) in [6.07, 6.45) is 3.46. The van der Waals surface area contributed by atoms with Gasteiger partial charge in [0, 0.05) is 12.1 Å². The molecule has 1 unspecified atom stereocenters. The van der Waals surface area contributed by atoms with Crippen LogP contribution in [0.1, 0.15) is 29.6 Å². The third-order valence-electron chi connectivity index (χ3n) is 3.94. The molecule has 1 heterocycles. The lowest BCUT2D eigenvalue weighted by Crippen LogP contribution is -2.33. The van der Waals surface area contributed by atoms with E-state index in [1.54, 1.807) is 26.4 Å². The summed E-state index contributed by atoms with van der Waals surface area (Å²) in [5, 5.41) is 6.37. The molecule has 0 spiro atoms. The van der Waals surface area contributed by atoms with Crippen molar-refractivity contribution in [3.8, 4) is 11.5 Å². The van der Waals surface area contributed by atoms with Crippen LogP contribution in [-0.2, 0) is 0 Å². The Kier molecular flexibility index (Phi) is 6.51. The number of carbonyl (C=O) groups is 1. The molecule has 0 aliphatic carbocycles. The summed E-state index contributed by atoms with van der Waals surface area (Å²) in [6.45, 7) is 2.85. The Morgan fingerprint density at radius 3 is 2.59 bits per heavy atom. The van der Waals surface area contributed by atoms with Crippen LogP contribution in [0.25, 0.3) is 0 Å². The molecule has 0 radical (unpaired) electrons. The van der Waals surface area contributed by atoms with E-state index in [0.717, 1.165) is 19.5 Å². The van der Waals surface area contributed by atoms with Gasteiger partial charge in [0.1, 0.15) is 16.0 Å². The molecule has 1 aliphatic heterocycles. The minimum atomic E-state index is -0.104. The minimum Gasteiger partial charge on any atom is -0.495 e. The number of ether oxygens (including phenoxy) is 2. The second-order valence-corrected chi connectivity index (χ2v) is 6.24. The van der Waals surface area contributed by atoms with E-state index in [-0.39, 0.29) is 5.91 Å². The van der Waals surface area contributed by atoms with Gasteiger partial charge in [-0.2, -0.15) is 0 Å². The highest BCUT2D eigenvalue weighted by atomic mass is 79.9. The lowest BCUT2D eigenvalue weighted by Gasteiger charge is -2.22. The Labute approximate surface area is 139 Å². The molecular formula is C16H23BrN2O3. The van der Waals surface area contributed by atoms with E-state index in [4.69, 9.17) is 9.47 Å². The number of rotatable bonds is 6. The van der Waals surface area contributed by atoms with Gasteiger partial charge in [-0.05, 0) is 66.3 Å². The highest BCUT2D eigenvalue weighted by Crippen LogP contribution is 2.35. The number of methoxy groups -OCH3 is 2. The zero-order valence-electron chi connectivity index (χ0n) is 13.1. The maximum absolute atomic E-state index is 12.3. The average Bonchev–Trinajstić information content (AvgIpc) is 2.56. The third kappa shape index (κ3) is 4.36. The van der Waals surface area contributed by atoms with Gasteiger partial charge in [-0.3, -0.25) is 4.79 Å².